The molecule has 1 fully saturated rings. The van der Waals surface area contributed by atoms with Crippen molar-refractivity contribution in [1.29, 1.82) is 0 Å². The maximum atomic E-state index is 11.9. The van der Waals surface area contributed by atoms with Crippen LogP contribution in [0.3, 0.4) is 0 Å². The Hall–Kier alpha value is -1.55. The van der Waals surface area contributed by atoms with E-state index in [1.165, 1.54) is 0 Å². The molecule has 1 atom stereocenters. The highest BCUT2D eigenvalue weighted by atomic mass is 16.5. The smallest absolute Gasteiger partial charge is 0.251 e. The molecule has 0 unspecified atom stereocenters. The third-order valence-corrected chi connectivity index (χ3v) is 2.82. The van der Waals surface area contributed by atoms with E-state index in [-0.39, 0.29) is 11.9 Å². The van der Waals surface area contributed by atoms with Gasteiger partial charge in [0.2, 0.25) is 0 Å². The van der Waals surface area contributed by atoms with Gasteiger partial charge in [-0.15, -0.1) is 0 Å². The average Bonchev–Trinajstić information content (AvgIpc) is 2.83. The van der Waals surface area contributed by atoms with E-state index >= 15 is 0 Å². The zero-order chi connectivity index (χ0) is 12.1. The highest BCUT2D eigenvalue weighted by Crippen LogP contribution is 2.12. The van der Waals surface area contributed by atoms with Crippen LogP contribution in [0.25, 0.3) is 0 Å². The summed E-state index contributed by atoms with van der Waals surface area (Å²) in [5, 5.41) is 6.22. The van der Waals surface area contributed by atoms with Gasteiger partial charge in [-0.3, -0.25) is 4.79 Å². The molecule has 1 aliphatic rings. The number of benzene rings is 1. The van der Waals surface area contributed by atoms with Crippen LogP contribution in [0, 0.1) is 0 Å². The van der Waals surface area contributed by atoms with Gasteiger partial charge in [0.25, 0.3) is 5.91 Å². The quantitative estimate of drug-likeness (QED) is 0.822. The van der Waals surface area contributed by atoms with Crippen molar-refractivity contribution in [3.63, 3.8) is 0 Å². The van der Waals surface area contributed by atoms with Crippen LogP contribution in [0.4, 0.5) is 0 Å². The number of carbonyl (C=O) groups excluding carboxylic acids is 1. The summed E-state index contributed by atoms with van der Waals surface area (Å²) in [7, 11) is 0. The third-order valence-electron chi connectivity index (χ3n) is 2.82. The second-order valence-electron chi connectivity index (χ2n) is 4.12. The molecule has 4 nitrogen and oxygen atoms in total. The van der Waals surface area contributed by atoms with Crippen molar-refractivity contribution in [3.05, 3.63) is 29.8 Å². The Labute approximate surface area is 101 Å². The lowest BCUT2D eigenvalue weighted by Crippen LogP contribution is -2.36. The molecular weight excluding hydrogens is 216 g/mol. The van der Waals surface area contributed by atoms with Gasteiger partial charge >= 0.3 is 0 Å². The predicted octanol–water partition coefficient (Wildman–Crippen LogP) is 1.18. The van der Waals surface area contributed by atoms with Gasteiger partial charge in [-0.25, -0.2) is 0 Å². The molecule has 1 saturated heterocycles. The Bertz CT molecular complexity index is 370. The van der Waals surface area contributed by atoms with Gasteiger partial charge in [0.1, 0.15) is 5.75 Å². The van der Waals surface area contributed by atoms with Gasteiger partial charge in [-0.1, -0.05) is 0 Å². The fraction of sp³-hybridized carbons (Fsp3) is 0.462. The molecule has 2 rings (SSSR count). The normalized spacial score (nSPS) is 19.0. The van der Waals surface area contributed by atoms with Crippen molar-refractivity contribution in [2.75, 3.05) is 19.7 Å². The SMILES string of the molecule is CCOc1ccc(C(=O)N[C@H]2CCNC2)cc1. The van der Waals surface area contributed by atoms with Crippen LogP contribution in [0.2, 0.25) is 0 Å². The third kappa shape index (κ3) is 3.20. The summed E-state index contributed by atoms with van der Waals surface area (Å²) >= 11 is 0. The molecule has 1 aromatic carbocycles. The molecule has 1 aliphatic heterocycles. The van der Waals surface area contributed by atoms with Crippen molar-refractivity contribution >= 4 is 5.91 Å². The number of ether oxygens (including phenoxy) is 1. The van der Waals surface area contributed by atoms with Gasteiger partial charge in [-0.05, 0) is 44.2 Å². The highest BCUT2D eigenvalue weighted by Gasteiger charge is 2.17. The Balaban J connectivity index is 1.93. The summed E-state index contributed by atoms with van der Waals surface area (Å²) in [6, 6.07) is 7.50. The predicted molar refractivity (Wildman–Crippen MR) is 66.4 cm³/mol. The molecule has 92 valence electrons. The van der Waals surface area contributed by atoms with Crippen LogP contribution in [-0.4, -0.2) is 31.6 Å². The second-order valence-corrected chi connectivity index (χ2v) is 4.12. The van der Waals surface area contributed by atoms with Crippen LogP contribution >= 0.6 is 0 Å². The van der Waals surface area contributed by atoms with E-state index in [4.69, 9.17) is 4.74 Å². The maximum absolute atomic E-state index is 11.9. The number of amides is 1. The highest BCUT2D eigenvalue weighted by molar-refractivity contribution is 5.94. The van der Waals surface area contributed by atoms with Crippen LogP contribution in [0.15, 0.2) is 24.3 Å². The summed E-state index contributed by atoms with van der Waals surface area (Å²) in [5.41, 5.74) is 0.681. The number of carbonyl (C=O) groups is 1. The molecule has 4 heteroatoms. The second kappa shape index (κ2) is 5.68. The first-order valence-corrected chi connectivity index (χ1v) is 6.04. The fourth-order valence-electron chi connectivity index (χ4n) is 1.92. The minimum absolute atomic E-state index is 0.0123. The van der Waals surface area contributed by atoms with Crippen LogP contribution in [0.5, 0.6) is 5.75 Å². The summed E-state index contributed by atoms with van der Waals surface area (Å²) in [6.45, 7) is 4.42. The number of hydrogen-bond donors (Lipinski definition) is 2. The zero-order valence-electron chi connectivity index (χ0n) is 10.0. The molecule has 1 amide bonds. The standard InChI is InChI=1S/C13H18N2O2/c1-2-17-12-5-3-10(4-6-12)13(16)15-11-7-8-14-9-11/h3-6,11,14H,2,7-9H2,1H3,(H,15,16)/t11-/m0/s1. The van der Waals surface area contributed by atoms with Crippen LogP contribution < -0.4 is 15.4 Å². The monoisotopic (exact) mass is 234 g/mol. The molecule has 0 bridgehead atoms. The maximum Gasteiger partial charge on any atom is 0.251 e. The zero-order valence-corrected chi connectivity index (χ0v) is 10.0. The molecule has 0 radical (unpaired) electrons. The average molecular weight is 234 g/mol. The van der Waals surface area contributed by atoms with E-state index in [0.29, 0.717) is 12.2 Å². The molecule has 0 aromatic heterocycles. The topological polar surface area (TPSA) is 50.4 Å². The molecule has 0 spiro atoms. The van der Waals surface area contributed by atoms with Crippen molar-refractivity contribution in [2.24, 2.45) is 0 Å². The van der Waals surface area contributed by atoms with Gasteiger partial charge < -0.3 is 15.4 Å². The Morgan fingerprint density at radius 1 is 1.47 bits per heavy atom. The lowest BCUT2D eigenvalue weighted by molar-refractivity contribution is 0.0940. The number of rotatable bonds is 4. The van der Waals surface area contributed by atoms with Gasteiger partial charge in [-0.2, -0.15) is 0 Å². The number of nitrogens with one attached hydrogen (secondary N) is 2. The molecule has 17 heavy (non-hydrogen) atoms. The summed E-state index contributed by atoms with van der Waals surface area (Å²) in [5.74, 6) is 0.785. The van der Waals surface area contributed by atoms with Gasteiger partial charge in [0, 0.05) is 18.2 Å². The summed E-state index contributed by atoms with van der Waals surface area (Å²) in [4.78, 5) is 11.9. The minimum Gasteiger partial charge on any atom is -0.494 e. The van der Waals surface area contributed by atoms with E-state index in [1.807, 2.05) is 19.1 Å². The van der Waals surface area contributed by atoms with E-state index in [2.05, 4.69) is 10.6 Å². The van der Waals surface area contributed by atoms with Gasteiger partial charge in [0.05, 0.1) is 6.61 Å². The van der Waals surface area contributed by atoms with Crippen molar-refractivity contribution in [3.8, 4) is 5.75 Å². The van der Waals surface area contributed by atoms with E-state index in [9.17, 15) is 4.79 Å². The number of hydrogen-bond acceptors (Lipinski definition) is 3. The van der Waals surface area contributed by atoms with Gasteiger partial charge in [0.15, 0.2) is 0 Å². The Kier molecular flexibility index (Phi) is 3.98. The van der Waals surface area contributed by atoms with Crippen molar-refractivity contribution < 1.29 is 9.53 Å². The molecular formula is C13H18N2O2. The summed E-state index contributed by atoms with van der Waals surface area (Å²) < 4.78 is 5.33. The van der Waals surface area contributed by atoms with Crippen LogP contribution in [-0.2, 0) is 0 Å². The van der Waals surface area contributed by atoms with E-state index in [1.54, 1.807) is 12.1 Å². The lowest BCUT2D eigenvalue weighted by atomic mass is 10.2. The Morgan fingerprint density at radius 2 is 2.24 bits per heavy atom. The molecule has 1 aromatic rings. The largest absolute Gasteiger partial charge is 0.494 e. The first-order valence-electron chi connectivity index (χ1n) is 6.04. The Morgan fingerprint density at radius 3 is 2.82 bits per heavy atom. The van der Waals surface area contributed by atoms with E-state index < -0.39 is 0 Å². The van der Waals surface area contributed by atoms with Crippen molar-refractivity contribution in [1.82, 2.24) is 10.6 Å². The molecule has 1 heterocycles. The van der Waals surface area contributed by atoms with E-state index in [0.717, 1.165) is 25.3 Å². The van der Waals surface area contributed by atoms with Crippen molar-refractivity contribution in [2.45, 2.75) is 19.4 Å². The lowest BCUT2D eigenvalue weighted by Gasteiger charge is -2.11. The summed E-state index contributed by atoms with van der Waals surface area (Å²) in [6.07, 6.45) is 1.00. The molecule has 0 aliphatic carbocycles. The molecule has 0 saturated carbocycles. The first-order chi connectivity index (χ1) is 8.29. The van der Waals surface area contributed by atoms with Crippen LogP contribution in [0.1, 0.15) is 23.7 Å². The fourth-order valence-corrected chi connectivity index (χ4v) is 1.92. The minimum atomic E-state index is -0.0123. The first kappa shape index (κ1) is 11.9. The molecule has 2 N–H and O–H groups in total.